The molecule has 1 fully saturated rings. The quantitative estimate of drug-likeness (QED) is 0.488. The van der Waals surface area contributed by atoms with Crippen LogP contribution < -0.4 is 10.2 Å². The first-order valence-electron chi connectivity index (χ1n) is 10.8. The number of nitrogens with one attached hydrogen (secondary N) is 1. The molecule has 0 aliphatic carbocycles. The number of carbonyl (C=O) groups excluding carboxylic acids is 1. The fourth-order valence-corrected chi connectivity index (χ4v) is 4.81. The van der Waals surface area contributed by atoms with Crippen molar-refractivity contribution in [1.82, 2.24) is 20.6 Å². The van der Waals surface area contributed by atoms with Crippen molar-refractivity contribution in [1.29, 1.82) is 0 Å². The normalized spacial score (nSPS) is 16.2. The second kappa shape index (κ2) is 10.3. The maximum atomic E-state index is 12.1. The topological polar surface area (TPSA) is 155 Å². The van der Waals surface area contributed by atoms with Crippen LogP contribution >= 0.6 is 0 Å². The lowest BCUT2D eigenvalue weighted by atomic mass is 9.87. The summed E-state index contributed by atoms with van der Waals surface area (Å²) in [5.41, 5.74) is 3.30. The van der Waals surface area contributed by atoms with E-state index in [1.54, 1.807) is 6.07 Å². The SMILES string of the molecule is C[N+]1(C)CCC(c2ccc(-c3cccc(S(N)(=O)=O)c3-c3nnn[nH]3)cc2)CC1.O=C([O-])C(F)(F)F. The molecule has 0 saturated carbocycles. The second-order valence-corrected chi connectivity index (χ2v) is 10.6. The second-order valence-electron chi connectivity index (χ2n) is 9.04. The van der Waals surface area contributed by atoms with Crippen LogP contribution in [0.3, 0.4) is 0 Å². The molecule has 4 rings (SSSR count). The molecule has 1 aliphatic rings. The van der Waals surface area contributed by atoms with Crippen molar-refractivity contribution in [2.75, 3.05) is 27.2 Å². The van der Waals surface area contributed by atoms with Crippen LogP contribution in [-0.4, -0.2) is 72.9 Å². The number of hydrogen-bond donors (Lipinski definition) is 2. The van der Waals surface area contributed by atoms with Crippen LogP contribution in [0.2, 0.25) is 0 Å². The molecule has 0 bridgehead atoms. The van der Waals surface area contributed by atoms with Crippen molar-refractivity contribution in [2.45, 2.75) is 29.8 Å². The summed E-state index contributed by atoms with van der Waals surface area (Å²) in [5.74, 6) is -2.18. The first-order valence-corrected chi connectivity index (χ1v) is 12.3. The third-order valence-electron chi connectivity index (χ3n) is 6.01. The lowest BCUT2D eigenvalue weighted by Gasteiger charge is -2.37. The number of carbonyl (C=O) groups is 1. The van der Waals surface area contributed by atoms with E-state index in [2.05, 4.69) is 46.9 Å². The molecule has 36 heavy (non-hydrogen) atoms. The molecular formula is C22H25F3N6O4S. The van der Waals surface area contributed by atoms with Gasteiger partial charge in [-0.15, -0.1) is 5.10 Å². The van der Waals surface area contributed by atoms with Gasteiger partial charge in [0, 0.05) is 18.4 Å². The first kappa shape index (κ1) is 27.2. The Bertz CT molecular complexity index is 1300. The average Bonchev–Trinajstić information content (AvgIpc) is 3.33. The minimum absolute atomic E-state index is 0.00935. The van der Waals surface area contributed by atoms with Gasteiger partial charge in [0.2, 0.25) is 10.0 Å². The number of hydrogen-bond acceptors (Lipinski definition) is 7. The van der Waals surface area contributed by atoms with E-state index in [4.69, 9.17) is 15.0 Å². The molecule has 2 heterocycles. The zero-order valence-corrected chi connectivity index (χ0v) is 20.3. The number of piperidine rings is 1. The molecule has 0 unspecified atom stereocenters. The average molecular weight is 527 g/mol. The number of nitrogens with zero attached hydrogens (tertiary/aromatic N) is 4. The third kappa shape index (κ3) is 6.65. The molecule has 194 valence electrons. The number of likely N-dealkylation sites (tertiary alicyclic amines) is 1. The fourth-order valence-electron chi connectivity index (χ4n) is 4.05. The first-order chi connectivity index (χ1) is 16.7. The summed E-state index contributed by atoms with van der Waals surface area (Å²) >= 11 is 0. The predicted molar refractivity (Wildman–Crippen MR) is 121 cm³/mol. The Morgan fingerprint density at radius 1 is 1.11 bits per heavy atom. The van der Waals surface area contributed by atoms with Crippen LogP contribution in [0, 0.1) is 0 Å². The van der Waals surface area contributed by atoms with Crippen molar-refractivity contribution < 1.29 is 36.0 Å². The number of H-pyrrole nitrogens is 1. The van der Waals surface area contributed by atoms with E-state index in [9.17, 15) is 21.6 Å². The van der Waals surface area contributed by atoms with Gasteiger partial charge in [0.15, 0.2) is 5.82 Å². The number of aromatic nitrogens is 4. The lowest BCUT2D eigenvalue weighted by Crippen LogP contribution is -2.45. The summed E-state index contributed by atoms with van der Waals surface area (Å²) < 4.78 is 56.9. The minimum atomic E-state index is -5.19. The van der Waals surface area contributed by atoms with E-state index in [0.29, 0.717) is 17.0 Å². The number of benzene rings is 2. The van der Waals surface area contributed by atoms with Crippen molar-refractivity contribution in [2.24, 2.45) is 5.14 Å². The van der Waals surface area contributed by atoms with E-state index in [1.807, 2.05) is 18.2 Å². The smallest absolute Gasteiger partial charge is 0.430 e. The van der Waals surface area contributed by atoms with Crippen molar-refractivity contribution in [3.05, 3.63) is 48.0 Å². The number of aliphatic carboxylic acids is 1. The Labute approximate surface area is 205 Å². The van der Waals surface area contributed by atoms with Crippen LogP contribution in [0.25, 0.3) is 22.5 Å². The molecule has 1 aliphatic heterocycles. The van der Waals surface area contributed by atoms with Crippen LogP contribution in [0.15, 0.2) is 47.4 Å². The number of carboxylic acids is 1. The Balaban J connectivity index is 0.000000454. The summed E-state index contributed by atoms with van der Waals surface area (Å²) in [6.45, 7) is 2.34. The van der Waals surface area contributed by atoms with Crippen LogP contribution in [0.1, 0.15) is 24.3 Å². The molecular weight excluding hydrogens is 501 g/mol. The fraction of sp³-hybridized carbons (Fsp3) is 0.364. The maximum absolute atomic E-state index is 12.1. The molecule has 0 atom stereocenters. The highest BCUT2D eigenvalue weighted by atomic mass is 32.2. The van der Waals surface area contributed by atoms with Gasteiger partial charge in [0.25, 0.3) is 0 Å². The number of sulfonamides is 1. The number of quaternary nitrogens is 1. The van der Waals surface area contributed by atoms with Crippen LogP contribution in [0.4, 0.5) is 13.2 Å². The summed E-state index contributed by atoms with van der Waals surface area (Å²) in [6.07, 6.45) is -2.86. The van der Waals surface area contributed by atoms with Gasteiger partial charge >= 0.3 is 6.18 Å². The molecule has 2 aromatic carbocycles. The number of rotatable bonds is 4. The molecule has 0 radical (unpaired) electrons. The number of nitrogens with two attached hydrogens (primary N) is 1. The Morgan fingerprint density at radius 2 is 1.69 bits per heavy atom. The highest BCUT2D eigenvalue weighted by molar-refractivity contribution is 7.89. The van der Waals surface area contributed by atoms with E-state index in [-0.39, 0.29) is 10.7 Å². The Kier molecular flexibility index (Phi) is 7.81. The van der Waals surface area contributed by atoms with Crippen LogP contribution in [0.5, 0.6) is 0 Å². The minimum Gasteiger partial charge on any atom is -0.542 e. The standard InChI is InChI=1S/C20H25N6O2S.C2HF3O2/c1-26(2)12-10-15(11-13-26)14-6-8-16(9-7-14)17-4-3-5-18(29(21,27)28)19(17)20-22-24-25-23-20;3-2(4,5)1(6)7/h3-9,15H,10-13H2,1-2H3,(H2,21,27,28)(H,22,23,24,25);(H,6,7)/q+1;/p-1. The molecule has 3 N–H and O–H groups in total. The highest BCUT2D eigenvalue weighted by Crippen LogP contribution is 2.36. The summed E-state index contributed by atoms with van der Waals surface area (Å²) in [5, 5.41) is 28.0. The Morgan fingerprint density at radius 3 is 2.17 bits per heavy atom. The van der Waals surface area contributed by atoms with Crippen molar-refractivity contribution >= 4 is 16.0 Å². The zero-order valence-electron chi connectivity index (χ0n) is 19.5. The zero-order chi connectivity index (χ0) is 26.7. The predicted octanol–water partition coefficient (Wildman–Crippen LogP) is 1.43. The molecule has 0 spiro atoms. The molecule has 3 aromatic rings. The summed E-state index contributed by atoms with van der Waals surface area (Å²) in [4.78, 5) is 8.78. The maximum Gasteiger partial charge on any atom is 0.430 e. The number of halogens is 3. The third-order valence-corrected chi connectivity index (χ3v) is 6.96. The summed E-state index contributed by atoms with van der Waals surface area (Å²) in [6, 6.07) is 13.3. The number of aromatic amines is 1. The van der Waals surface area contributed by atoms with Gasteiger partial charge in [-0.25, -0.2) is 18.7 Å². The Hall–Kier alpha value is -3.36. The van der Waals surface area contributed by atoms with E-state index < -0.39 is 22.2 Å². The number of tetrazole rings is 1. The van der Waals surface area contributed by atoms with Gasteiger partial charge in [-0.1, -0.05) is 36.4 Å². The van der Waals surface area contributed by atoms with E-state index in [0.717, 1.165) is 10.0 Å². The number of alkyl halides is 3. The lowest BCUT2D eigenvalue weighted by molar-refractivity contribution is -0.895. The molecule has 10 nitrogen and oxygen atoms in total. The molecule has 0 amide bonds. The number of carboxylic acid groups (broad SMARTS) is 1. The highest BCUT2D eigenvalue weighted by Gasteiger charge is 2.29. The van der Waals surface area contributed by atoms with Gasteiger partial charge in [0.1, 0.15) is 5.97 Å². The van der Waals surface area contributed by atoms with Gasteiger partial charge in [-0.2, -0.15) is 13.2 Å². The van der Waals surface area contributed by atoms with E-state index in [1.165, 1.54) is 37.6 Å². The van der Waals surface area contributed by atoms with Crippen molar-refractivity contribution in [3.8, 4) is 22.5 Å². The summed E-state index contributed by atoms with van der Waals surface area (Å²) in [7, 11) is 0.607. The molecule has 1 aromatic heterocycles. The molecule has 14 heteroatoms. The molecule has 1 saturated heterocycles. The van der Waals surface area contributed by atoms with E-state index >= 15 is 0 Å². The monoisotopic (exact) mass is 526 g/mol. The number of primary sulfonamides is 1. The van der Waals surface area contributed by atoms with Gasteiger partial charge in [-0.3, -0.25) is 0 Å². The van der Waals surface area contributed by atoms with Gasteiger partial charge in [0.05, 0.1) is 32.1 Å². The van der Waals surface area contributed by atoms with Gasteiger partial charge in [-0.05, 0) is 39.1 Å². The van der Waals surface area contributed by atoms with Gasteiger partial charge < -0.3 is 14.4 Å². The van der Waals surface area contributed by atoms with Crippen molar-refractivity contribution in [3.63, 3.8) is 0 Å². The van der Waals surface area contributed by atoms with Crippen LogP contribution in [-0.2, 0) is 14.8 Å². The largest absolute Gasteiger partial charge is 0.542 e.